The van der Waals surface area contributed by atoms with Gasteiger partial charge in [-0.2, -0.15) is 0 Å². The van der Waals surface area contributed by atoms with Crippen molar-refractivity contribution in [2.75, 3.05) is 7.05 Å². The average molecular weight is 314 g/mol. The third kappa shape index (κ3) is 3.36. The van der Waals surface area contributed by atoms with Crippen LogP contribution in [0.15, 0.2) is 56.3 Å². The predicted octanol–water partition coefficient (Wildman–Crippen LogP) is 2.63. The first-order chi connectivity index (χ1) is 11.1. The molecule has 0 fully saturated rings. The van der Waals surface area contributed by atoms with Crippen molar-refractivity contribution in [1.82, 2.24) is 9.47 Å². The summed E-state index contributed by atoms with van der Waals surface area (Å²) in [6.45, 7) is 0.899. The summed E-state index contributed by atoms with van der Waals surface area (Å²) in [4.78, 5) is 25.6. The lowest BCUT2D eigenvalue weighted by Gasteiger charge is -2.15. The highest BCUT2D eigenvalue weighted by Crippen LogP contribution is 2.13. The van der Waals surface area contributed by atoms with Gasteiger partial charge in [0.25, 0.3) is 0 Å². The largest absolute Gasteiger partial charge is 0.467 e. The van der Waals surface area contributed by atoms with Crippen molar-refractivity contribution < 1.29 is 13.6 Å². The van der Waals surface area contributed by atoms with Gasteiger partial charge in [0.15, 0.2) is 5.58 Å². The smallest absolute Gasteiger partial charge is 0.419 e. The van der Waals surface area contributed by atoms with Crippen LogP contribution in [0.2, 0.25) is 0 Å². The van der Waals surface area contributed by atoms with E-state index in [-0.39, 0.29) is 11.7 Å². The van der Waals surface area contributed by atoms with Gasteiger partial charge in [0.05, 0.1) is 18.3 Å². The minimum atomic E-state index is -0.386. The Labute approximate surface area is 132 Å². The second kappa shape index (κ2) is 6.56. The summed E-state index contributed by atoms with van der Waals surface area (Å²) in [5.74, 6) is 0.378. The van der Waals surface area contributed by atoms with Crippen molar-refractivity contribution in [2.24, 2.45) is 0 Å². The molecule has 0 unspecified atom stereocenters. The van der Waals surface area contributed by atoms with E-state index in [2.05, 4.69) is 0 Å². The molecule has 0 aliphatic heterocycles. The summed E-state index contributed by atoms with van der Waals surface area (Å²) in [6, 6.07) is 10.9. The number of carbonyl (C=O) groups is 1. The van der Waals surface area contributed by atoms with Gasteiger partial charge in [-0.25, -0.2) is 4.79 Å². The minimum Gasteiger partial charge on any atom is -0.467 e. The van der Waals surface area contributed by atoms with E-state index in [0.29, 0.717) is 31.5 Å². The molecule has 0 spiro atoms. The summed E-state index contributed by atoms with van der Waals surface area (Å²) in [5.41, 5.74) is 1.33. The molecule has 0 aliphatic rings. The number of aryl methyl sites for hydroxylation is 1. The molecule has 1 amide bonds. The van der Waals surface area contributed by atoms with Crippen molar-refractivity contribution in [1.29, 1.82) is 0 Å². The van der Waals surface area contributed by atoms with Crippen LogP contribution in [0.25, 0.3) is 11.1 Å². The Morgan fingerprint density at radius 3 is 2.83 bits per heavy atom. The molecule has 0 radical (unpaired) electrons. The van der Waals surface area contributed by atoms with Gasteiger partial charge in [-0.1, -0.05) is 12.1 Å². The molecule has 6 heteroatoms. The van der Waals surface area contributed by atoms with Crippen molar-refractivity contribution in [3.05, 3.63) is 59.0 Å². The van der Waals surface area contributed by atoms with Gasteiger partial charge in [-0.15, -0.1) is 0 Å². The van der Waals surface area contributed by atoms with Crippen LogP contribution in [0.4, 0.5) is 0 Å². The first kappa shape index (κ1) is 15.1. The van der Waals surface area contributed by atoms with E-state index in [9.17, 15) is 9.59 Å². The van der Waals surface area contributed by atoms with Crippen LogP contribution in [-0.2, 0) is 17.9 Å². The molecular formula is C17H18N2O4. The number of nitrogens with zero attached hydrogens (tertiary/aromatic N) is 2. The highest BCUT2D eigenvalue weighted by atomic mass is 16.4. The summed E-state index contributed by atoms with van der Waals surface area (Å²) in [7, 11) is 1.74. The molecule has 120 valence electrons. The van der Waals surface area contributed by atoms with Gasteiger partial charge in [-0.3, -0.25) is 9.36 Å². The summed E-state index contributed by atoms with van der Waals surface area (Å²) < 4.78 is 12.0. The normalized spacial score (nSPS) is 11.0. The third-order valence-corrected chi connectivity index (χ3v) is 3.74. The lowest BCUT2D eigenvalue weighted by Crippen LogP contribution is -2.26. The number of hydrogen-bond acceptors (Lipinski definition) is 4. The molecule has 0 saturated carbocycles. The first-order valence-electron chi connectivity index (χ1n) is 7.50. The minimum absolute atomic E-state index is 0.0160. The second-order valence-electron chi connectivity index (χ2n) is 5.42. The molecule has 0 saturated heterocycles. The molecular weight excluding hydrogens is 296 g/mol. The predicted molar refractivity (Wildman–Crippen MR) is 84.9 cm³/mol. The number of amides is 1. The van der Waals surface area contributed by atoms with Crippen molar-refractivity contribution in [3.8, 4) is 0 Å². The van der Waals surface area contributed by atoms with Crippen molar-refractivity contribution >= 4 is 17.0 Å². The maximum absolute atomic E-state index is 12.1. The fraction of sp³-hybridized carbons (Fsp3) is 0.294. The van der Waals surface area contributed by atoms with E-state index in [1.165, 1.54) is 0 Å². The molecule has 0 aliphatic carbocycles. The number of rotatable bonds is 6. The van der Waals surface area contributed by atoms with Crippen LogP contribution in [0.5, 0.6) is 0 Å². The number of furan rings is 1. The topological polar surface area (TPSA) is 68.6 Å². The Balaban J connectivity index is 1.57. The molecule has 0 atom stereocenters. The molecule has 2 heterocycles. The van der Waals surface area contributed by atoms with Crippen LogP contribution in [0, 0.1) is 0 Å². The van der Waals surface area contributed by atoms with Crippen molar-refractivity contribution in [2.45, 2.75) is 25.9 Å². The highest BCUT2D eigenvalue weighted by molar-refractivity contribution is 5.76. The van der Waals surface area contributed by atoms with Gasteiger partial charge in [0, 0.05) is 20.0 Å². The molecule has 3 aromatic rings. The highest BCUT2D eigenvalue weighted by Gasteiger charge is 2.12. The Morgan fingerprint density at radius 1 is 1.22 bits per heavy atom. The molecule has 3 rings (SSSR count). The van der Waals surface area contributed by atoms with Crippen LogP contribution in [0.1, 0.15) is 18.6 Å². The number of para-hydroxylation sites is 2. The third-order valence-electron chi connectivity index (χ3n) is 3.74. The Kier molecular flexibility index (Phi) is 4.32. The molecule has 0 bridgehead atoms. The molecule has 1 aromatic carbocycles. The van der Waals surface area contributed by atoms with Gasteiger partial charge >= 0.3 is 5.76 Å². The van der Waals surface area contributed by atoms with E-state index in [4.69, 9.17) is 8.83 Å². The standard InChI is InChI=1S/C17H18N2O4/c1-18(12-13-6-5-11-22-13)16(20)9-4-10-19-14-7-2-3-8-15(14)23-17(19)21/h2-3,5-8,11H,4,9-10,12H2,1H3. The Hall–Kier alpha value is -2.76. The summed E-state index contributed by atoms with van der Waals surface area (Å²) in [5, 5.41) is 0. The fourth-order valence-electron chi connectivity index (χ4n) is 2.53. The number of carbonyl (C=O) groups excluding carboxylic acids is 1. The molecule has 2 aromatic heterocycles. The second-order valence-corrected chi connectivity index (χ2v) is 5.42. The number of hydrogen-bond donors (Lipinski definition) is 0. The lowest BCUT2D eigenvalue weighted by atomic mass is 10.2. The quantitative estimate of drug-likeness (QED) is 0.701. The van der Waals surface area contributed by atoms with E-state index in [1.807, 2.05) is 24.3 Å². The number of aromatic nitrogens is 1. The molecule has 23 heavy (non-hydrogen) atoms. The van der Waals surface area contributed by atoms with Crippen LogP contribution < -0.4 is 5.76 Å². The van der Waals surface area contributed by atoms with E-state index in [1.54, 1.807) is 34.9 Å². The van der Waals surface area contributed by atoms with E-state index in [0.717, 1.165) is 11.3 Å². The van der Waals surface area contributed by atoms with Crippen LogP contribution in [-0.4, -0.2) is 22.4 Å². The first-order valence-corrected chi connectivity index (χ1v) is 7.50. The number of fused-ring (bicyclic) bond motifs is 1. The summed E-state index contributed by atoms with van der Waals surface area (Å²) in [6.07, 6.45) is 2.53. The zero-order valence-corrected chi connectivity index (χ0v) is 12.9. The Bertz CT molecular complexity index is 845. The average Bonchev–Trinajstić information content (AvgIpc) is 3.15. The van der Waals surface area contributed by atoms with Crippen LogP contribution >= 0.6 is 0 Å². The van der Waals surface area contributed by atoms with Crippen molar-refractivity contribution in [3.63, 3.8) is 0 Å². The maximum atomic E-state index is 12.1. The van der Waals surface area contributed by atoms with Gasteiger partial charge in [0.2, 0.25) is 5.91 Å². The van der Waals surface area contributed by atoms with Gasteiger partial charge < -0.3 is 13.7 Å². The van der Waals surface area contributed by atoms with Crippen LogP contribution in [0.3, 0.4) is 0 Å². The lowest BCUT2D eigenvalue weighted by molar-refractivity contribution is -0.130. The molecule has 0 N–H and O–H groups in total. The van der Waals surface area contributed by atoms with E-state index < -0.39 is 0 Å². The zero-order chi connectivity index (χ0) is 16.2. The number of benzene rings is 1. The Morgan fingerprint density at radius 2 is 2.04 bits per heavy atom. The van der Waals surface area contributed by atoms with Gasteiger partial charge in [-0.05, 0) is 30.7 Å². The SMILES string of the molecule is CN(Cc1ccco1)C(=O)CCCn1c(=O)oc2ccccc21. The number of oxazole rings is 1. The fourth-order valence-corrected chi connectivity index (χ4v) is 2.53. The zero-order valence-electron chi connectivity index (χ0n) is 12.9. The summed E-state index contributed by atoms with van der Waals surface area (Å²) >= 11 is 0. The molecule has 6 nitrogen and oxygen atoms in total. The maximum Gasteiger partial charge on any atom is 0.419 e. The van der Waals surface area contributed by atoms with E-state index >= 15 is 0 Å². The van der Waals surface area contributed by atoms with Gasteiger partial charge in [0.1, 0.15) is 5.76 Å². The monoisotopic (exact) mass is 314 g/mol.